The summed E-state index contributed by atoms with van der Waals surface area (Å²) in [6.45, 7) is 5.43. The van der Waals surface area contributed by atoms with E-state index in [1.165, 1.54) is 16.6 Å². The highest BCUT2D eigenvalue weighted by Gasteiger charge is 2.28. The molecule has 1 aromatic rings. The Labute approximate surface area is 131 Å². The summed E-state index contributed by atoms with van der Waals surface area (Å²) in [4.78, 5) is 14.9. The lowest BCUT2D eigenvalue weighted by molar-refractivity contribution is 0.0730. The van der Waals surface area contributed by atoms with E-state index in [-0.39, 0.29) is 22.5 Å². The monoisotopic (exact) mass is 329 g/mol. The molecule has 2 N–H and O–H groups in total. The van der Waals surface area contributed by atoms with Gasteiger partial charge in [0.2, 0.25) is 10.0 Å². The molecule has 1 atom stereocenters. The largest absolute Gasteiger partial charge is 0.379 e. The predicted molar refractivity (Wildman–Crippen MR) is 82.2 cm³/mol. The zero-order valence-corrected chi connectivity index (χ0v) is 13.8. The lowest BCUT2D eigenvalue weighted by Crippen LogP contribution is -2.40. The third-order valence-corrected chi connectivity index (χ3v) is 5.48. The molecule has 0 aromatic carbocycles. The molecular formula is C14H23N3O4S. The van der Waals surface area contributed by atoms with Crippen molar-refractivity contribution in [2.75, 3.05) is 26.3 Å². The molecule has 1 fully saturated rings. The van der Waals surface area contributed by atoms with Crippen LogP contribution in [0.5, 0.6) is 0 Å². The van der Waals surface area contributed by atoms with Gasteiger partial charge in [-0.3, -0.25) is 4.79 Å². The van der Waals surface area contributed by atoms with Gasteiger partial charge in [0.05, 0.1) is 13.2 Å². The number of carbonyl (C=O) groups excluding carboxylic acids is 1. The van der Waals surface area contributed by atoms with Crippen LogP contribution in [0.25, 0.3) is 0 Å². The van der Waals surface area contributed by atoms with Crippen molar-refractivity contribution in [2.45, 2.75) is 37.6 Å². The van der Waals surface area contributed by atoms with Crippen molar-refractivity contribution in [2.24, 2.45) is 0 Å². The van der Waals surface area contributed by atoms with E-state index in [0.717, 1.165) is 12.8 Å². The molecule has 1 aromatic heterocycles. The maximum Gasteiger partial charge on any atom is 0.267 e. The predicted octanol–water partition coefficient (Wildman–Crippen LogP) is 0.954. The normalized spacial score (nSPS) is 18.1. The Morgan fingerprint density at radius 3 is 2.77 bits per heavy atom. The second kappa shape index (κ2) is 7.26. The molecular weight excluding hydrogens is 306 g/mol. The van der Waals surface area contributed by atoms with E-state index >= 15 is 0 Å². The maximum absolute atomic E-state index is 12.5. The summed E-state index contributed by atoms with van der Waals surface area (Å²) in [6.07, 6.45) is 3.22. The van der Waals surface area contributed by atoms with E-state index in [1.54, 1.807) is 0 Å². The van der Waals surface area contributed by atoms with E-state index in [1.807, 2.05) is 13.8 Å². The van der Waals surface area contributed by atoms with Crippen LogP contribution in [0.2, 0.25) is 0 Å². The van der Waals surface area contributed by atoms with E-state index in [2.05, 4.69) is 10.3 Å². The zero-order valence-electron chi connectivity index (χ0n) is 13.0. The number of nitrogens with one attached hydrogen (secondary N) is 2. The molecule has 0 radical (unpaired) electrons. The Kier molecular flexibility index (Phi) is 5.60. The third kappa shape index (κ3) is 3.88. The highest BCUT2D eigenvalue weighted by Crippen LogP contribution is 2.18. The molecule has 1 aliphatic heterocycles. The minimum Gasteiger partial charge on any atom is -0.379 e. The Bertz CT molecular complexity index is 605. The first-order chi connectivity index (χ1) is 10.4. The molecule has 2 rings (SSSR count). The zero-order chi connectivity index (χ0) is 16.2. The van der Waals surface area contributed by atoms with Gasteiger partial charge in [0.1, 0.15) is 10.6 Å². The SMILES string of the molecule is CCCC(C)NC(=O)c1cc(S(=O)(=O)N2CCOCC2)c[nH]1. The van der Waals surface area contributed by atoms with Crippen LogP contribution in [0, 0.1) is 0 Å². The summed E-state index contributed by atoms with van der Waals surface area (Å²) in [7, 11) is -3.57. The van der Waals surface area contributed by atoms with Gasteiger partial charge in [0, 0.05) is 25.3 Å². The lowest BCUT2D eigenvalue weighted by Gasteiger charge is -2.25. The van der Waals surface area contributed by atoms with Crippen molar-refractivity contribution < 1.29 is 17.9 Å². The van der Waals surface area contributed by atoms with Gasteiger partial charge in [-0.25, -0.2) is 8.42 Å². The molecule has 124 valence electrons. The van der Waals surface area contributed by atoms with Gasteiger partial charge in [0.15, 0.2) is 0 Å². The third-order valence-electron chi connectivity index (χ3n) is 3.61. The molecule has 1 amide bonds. The standard InChI is InChI=1S/C14H23N3O4S/c1-3-4-11(2)16-14(18)13-9-12(10-15-13)22(19,20)17-5-7-21-8-6-17/h9-11,15H,3-8H2,1-2H3,(H,16,18). The molecule has 2 heterocycles. The summed E-state index contributed by atoms with van der Waals surface area (Å²) in [5.74, 6) is -0.288. The minimum atomic E-state index is -3.57. The summed E-state index contributed by atoms with van der Waals surface area (Å²) in [5.41, 5.74) is 0.259. The van der Waals surface area contributed by atoms with Gasteiger partial charge in [-0.1, -0.05) is 13.3 Å². The summed E-state index contributed by atoms with van der Waals surface area (Å²) in [5, 5.41) is 2.84. The molecule has 7 nitrogen and oxygen atoms in total. The number of sulfonamides is 1. The average Bonchev–Trinajstić information content (AvgIpc) is 2.99. The fourth-order valence-corrected chi connectivity index (χ4v) is 3.80. The van der Waals surface area contributed by atoms with E-state index in [0.29, 0.717) is 26.3 Å². The van der Waals surface area contributed by atoms with Crippen LogP contribution in [-0.2, 0) is 14.8 Å². The number of nitrogens with zero attached hydrogens (tertiary/aromatic N) is 1. The Morgan fingerprint density at radius 2 is 2.14 bits per heavy atom. The molecule has 0 bridgehead atoms. The second-order valence-electron chi connectivity index (χ2n) is 5.43. The first-order valence-corrected chi connectivity index (χ1v) is 8.96. The summed E-state index contributed by atoms with van der Waals surface area (Å²) < 4.78 is 31.5. The topological polar surface area (TPSA) is 91.5 Å². The van der Waals surface area contributed by atoms with Crippen LogP contribution < -0.4 is 5.32 Å². The second-order valence-corrected chi connectivity index (χ2v) is 7.37. The molecule has 1 aliphatic rings. The highest BCUT2D eigenvalue weighted by atomic mass is 32.2. The van der Waals surface area contributed by atoms with Crippen LogP contribution in [0.15, 0.2) is 17.2 Å². The number of aromatic nitrogens is 1. The van der Waals surface area contributed by atoms with Crippen molar-refractivity contribution >= 4 is 15.9 Å². The van der Waals surface area contributed by atoms with Crippen LogP contribution in [0.1, 0.15) is 37.2 Å². The summed E-state index contributed by atoms with van der Waals surface area (Å²) in [6, 6.07) is 1.44. The van der Waals surface area contributed by atoms with Gasteiger partial charge in [-0.15, -0.1) is 0 Å². The number of hydrogen-bond acceptors (Lipinski definition) is 4. The van der Waals surface area contributed by atoms with Crippen LogP contribution in [0.4, 0.5) is 0 Å². The first-order valence-electron chi connectivity index (χ1n) is 7.52. The lowest BCUT2D eigenvalue weighted by atomic mass is 10.2. The molecule has 0 saturated carbocycles. The number of carbonyl (C=O) groups is 1. The van der Waals surface area contributed by atoms with Crippen molar-refractivity contribution in [3.63, 3.8) is 0 Å². The molecule has 1 saturated heterocycles. The number of amides is 1. The minimum absolute atomic E-state index is 0.0556. The fraction of sp³-hybridized carbons (Fsp3) is 0.643. The Morgan fingerprint density at radius 1 is 1.45 bits per heavy atom. The molecule has 0 spiro atoms. The molecule has 22 heavy (non-hydrogen) atoms. The van der Waals surface area contributed by atoms with Crippen LogP contribution in [0.3, 0.4) is 0 Å². The smallest absolute Gasteiger partial charge is 0.267 e. The van der Waals surface area contributed by atoms with Crippen LogP contribution >= 0.6 is 0 Å². The van der Waals surface area contributed by atoms with Crippen molar-refractivity contribution in [3.05, 3.63) is 18.0 Å². The quantitative estimate of drug-likeness (QED) is 0.813. The number of morpholine rings is 1. The van der Waals surface area contributed by atoms with Gasteiger partial charge in [0.25, 0.3) is 5.91 Å². The van der Waals surface area contributed by atoms with Crippen molar-refractivity contribution in [1.82, 2.24) is 14.6 Å². The highest BCUT2D eigenvalue weighted by molar-refractivity contribution is 7.89. The Hall–Kier alpha value is -1.38. The molecule has 8 heteroatoms. The van der Waals surface area contributed by atoms with Crippen molar-refractivity contribution in [3.8, 4) is 0 Å². The van der Waals surface area contributed by atoms with Gasteiger partial charge >= 0.3 is 0 Å². The number of ether oxygens (including phenoxy) is 1. The number of rotatable bonds is 6. The molecule has 1 unspecified atom stereocenters. The number of hydrogen-bond donors (Lipinski definition) is 2. The number of aromatic amines is 1. The fourth-order valence-electron chi connectivity index (χ4n) is 2.40. The average molecular weight is 329 g/mol. The van der Waals surface area contributed by atoms with Crippen molar-refractivity contribution in [1.29, 1.82) is 0 Å². The van der Waals surface area contributed by atoms with Gasteiger partial charge < -0.3 is 15.0 Å². The first kappa shape index (κ1) is 17.0. The summed E-state index contributed by atoms with van der Waals surface area (Å²) >= 11 is 0. The van der Waals surface area contributed by atoms with Gasteiger partial charge in [-0.05, 0) is 19.4 Å². The van der Waals surface area contributed by atoms with Crippen LogP contribution in [-0.4, -0.2) is 56.0 Å². The van der Waals surface area contributed by atoms with E-state index < -0.39 is 10.0 Å². The van der Waals surface area contributed by atoms with E-state index in [9.17, 15) is 13.2 Å². The van der Waals surface area contributed by atoms with E-state index in [4.69, 9.17) is 4.74 Å². The number of H-pyrrole nitrogens is 1. The Balaban J connectivity index is 2.08. The maximum atomic E-state index is 12.5. The van der Waals surface area contributed by atoms with Gasteiger partial charge in [-0.2, -0.15) is 4.31 Å². The molecule has 0 aliphatic carbocycles.